The van der Waals surface area contributed by atoms with Crippen molar-refractivity contribution in [2.45, 2.75) is 26.3 Å². The van der Waals surface area contributed by atoms with Crippen molar-refractivity contribution in [3.63, 3.8) is 0 Å². The van der Waals surface area contributed by atoms with Crippen molar-refractivity contribution in [1.29, 1.82) is 0 Å². The summed E-state index contributed by atoms with van der Waals surface area (Å²) >= 11 is 0. The Bertz CT molecular complexity index is 1980. The third-order valence-electron chi connectivity index (χ3n) is 8.05. The van der Waals surface area contributed by atoms with Crippen LogP contribution >= 0.6 is 0 Å². The molecule has 0 fully saturated rings. The summed E-state index contributed by atoms with van der Waals surface area (Å²) < 4.78 is 2.46. The van der Waals surface area contributed by atoms with Crippen LogP contribution in [0.4, 0.5) is 17.1 Å². The number of hydrogen-bond acceptors (Lipinski definition) is 1. The average molecular weight is 543 g/mol. The number of nitrogens with zero attached hydrogens (tertiary/aromatic N) is 2. The first-order valence-electron chi connectivity index (χ1n) is 14.6. The van der Waals surface area contributed by atoms with Gasteiger partial charge in [-0.15, -0.1) is 0 Å². The standard InChI is InChI=1S/C40H34N2/c1-40(2,3)42-38-17-11-10-16-36(38)37-28-32(22-27-39(37)42)31-20-25-35(26-21-31)41(33-14-8-5-9-15-33)34-23-18-30(19-24-34)29-12-6-4-7-13-29/h4-28H,1-3H3. The van der Waals surface area contributed by atoms with E-state index >= 15 is 0 Å². The second-order valence-corrected chi connectivity index (χ2v) is 11.9. The molecule has 0 N–H and O–H groups in total. The molecule has 0 aliphatic rings. The summed E-state index contributed by atoms with van der Waals surface area (Å²) in [6.07, 6.45) is 0. The fourth-order valence-electron chi connectivity index (χ4n) is 6.14. The highest BCUT2D eigenvalue weighted by molar-refractivity contribution is 6.09. The Kier molecular flexibility index (Phi) is 6.40. The Morgan fingerprint density at radius 1 is 0.405 bits per heavy atom. The molecule has 1 aromatic heterocycles. The van der Waals surface area contributed by atoms with Crippen molar-refractivity contribution >= 4 is 38.9 Å². The topological polar surface area (TPSA) is 8.17 Å². The minimum atomic E-state index is -0.00921. The van der Waals surface area contributed by atoms with Gasteiger partial charge in [-0.1, -0.05) is 97.1 Å². The molecule has 204 valence electrons. The lowest BCUT2D eigenvalue weighted by Crippen LogP contribution is -2.21. The molecule has 0 spiro atoms. The van der Waals surface area contributed by atoms with Crippen LogP contribution in [0.2, 0.25) is 0 Å². The summed E-state index contributed by atoms with van der Waals surface area (Å²) in [4.78, 5) is 2.32. The first-order chi connectivity index (χ1) is 20.5. The van der Waals surface area contributed by atoms with Crippen molar-refractivity contribution in [2.24, 2.45) is 0 Å². The normalized spacial score (nSPS) is 11.7. The van der Waals surface area contributed by atoms with Crippen LogP contribution in [-0.4, -0.2) is 4.57 Å². The number of hydrogen-bond donors (Lipinski definition) is 0. The Labute approximate surface area is 248 Å². The third kappa shape index (κ3) is 4.65. The van der Waals surface area contributed by atoms with Crippen LogP contribution in [-0.2, 0) is 5.54 Å². The third-order valence-corrected chi connectivity index (χ3v) is 8.05. The van der Waals surface area contributed by atoms with Crippen molar-refractivity contribution in [2.75, 3.05) is 4.90 Å². The van der Waals surface area contributed by atoms with E-state index in [1.54, 1.807) is 0 Å². The van der Waals surface area contributed by atoms with Crippen LogP contribution in [0.1, 0.15) is 20.8 Å². The molecule has 0 saturated carbocycles. The highest BCUT2D eigenvalue weighted by Gasteiger charge is 2.20. The average Bonchev–Trinajstić information content (AvgIpc) is 3.37. The van der Waals surface area contributed by atoms with E-state index in [-0.39, 0.29) is 5.54 Å². The Morgan fingerprint density at radius 2 is 0.857 bits per heavy atom. The van der Waals surface area contributed by atoms with E-state index < -0.39 is 0 Å². The lowest BCUT2D eigenvalue weighted by atomic mass is 10.0. The summed E-state index contributed by atoms with van der Waals surface area (Å²) in [5.74, 6) is 0. The van der Waals surface area contributed by atoms with E-state index in [1.807, 2.05) is 0 Å². The molecule has 0 aliphatic heterocycles. The minimum absolute atomic E-state index is 0.00921. The molecule has 0 atom stereocenters. The van der Waals surface area contributed by atoms with Gasteiger partial charge in [0.1, 0.15) is 0 Å². The summed E-state index contributed by atoms with van der Waals surface area (Å²) in [6.45, 7) is 6.83. The molecule has 7 aromatic rings. The van der Waals surface area contributed by atoms with Gasteiger partial charge in [0.25, 0.3) is 0 Å². The maximum atomic E-state index is 2.46. The number of aromatic nitrogens is 1. The van der Waals surface area contributed by atoms with Gasteiger partial charge < -0.3 is 9.47 Å². The molecule has 0 unspecified atom stereocenters. The second kappa shape index (κ2) is 10.4. The van der Waals surface area contributed by atoms with Crippen molar-refractivity contribution in [3.8, 4) is 22.3 Å². The van der Waals surface area contributed by atoms with Crippen LogP contribution in [0.5, 0.6) is 0 Å². The number of para-hydroxylation sites is 2. The van der Waals surface area contributed by atoms with Crippen molar-refractivity contribution in [1.82, 2.24) is 4.57 Å². The van der Waals surface area contributed by atoms with Crippen molar-refractivity contribution in [3.05, 3.63) is 152 Å². The molecule has 0 radical (unpaired) electrons. The number of anilines is 3. The van der Waals surface area contributed by atoms with Crippen molar-refractivity contribution < 1.29 is 0 Å². The lowest BCUT2D eigenvalue weighted by Gasteiger charge is -2.26. The van der Waals surface area contributed by atoms with Crippen LogP contribution in [0.15, 0.2) is 152 Å². The maximum Gasteiger partial charge on any atom is 0.0496 e. The van der Waals surface area contributed by atoms with Crippen LogP contribution in [0.3, 0.4) is 0 Å². The van der Waals surface area contributed by atoms with E-state index in [1.165, 1.54) is 44.1 Å². The van der Waals surface area contributed by atoms with E-state index in [2.05, 4.69) is 182 Å². The fraction of sp³-hybridized carbons (Fsp3) is 0.100. The first-order valence-corrected chi connectivity index (χ1v) is 14.6. The number of fused-ring (bicyclic) bond motifs is 3. The summed E-state index contributed by atoms with van der Waals surface area (Å²) in [7, 11) is 0. The van der Waals surface area contributed by atoms with Crippen LogP contribution < -0.4 is 4.90 Å². The van der Waals surface area contributed by atoms with E-state index in [0.717, 1.165) is 17.1 Å². The smallest absolute Gasteiger partial charge is 0.0496 e. The van der Waals surface area contributed by atoms with Gasteiger partial charge in [0.15, 0.2) is 0 Å². The summed E-state index contributed by atoms with van der Waals surface area (Å²) in [5.41, 5.74) is 10.8. The molecular weight excluding hydrogens is 508 g/mol. The van der Waals surface area contributed by atoms with E-state index in [0.29, 0.717) is 0 Å². The molecule has 42 heavy (non-hydrogen) atoms. The molecule has 0 saturated heterocycles. The molecule has 7 rings (SSSR count). The Balaban J connectivity index is 1.27. The zero-order valence-electron chi connectivity index (χ0n) is 24.3. The van der Waals surface area contributed by atoms with Crippen LogP contribution in [0.25, 0.3) is 44.1 Å². The van der Waals surface area contributed by atoms with Crippen LogP contribution in [0, 0.1) is 0 Å². The first kappa shape index (κ1) is 25.9. The van der Waals surface area contributed by atoms with Gasteiger partial charge in [0.2, 0.25) is 0 Å². The van der Waals surface area contributed by atoms with Gasteiger partial charge in [-0.25, -0.2) is 0 Å². The predicted molar refractivity (Wildman–Crippen MR) is 180 cm³/mol. The Morgan fingerprint density at radius 3 is 1.48 bits per heavy atom. The molecule has 1 heterocycles. The van der Waals surface area contributed by atoms with Gasteiger partial charge >= 0.3 is 0 Å². The van der Waals surface area contributed by atoms with E-state index in [4.69, 9.17) is 0 Å². The van der Waals surface area contributed by atoms with Gasteiger partial charge in [0.05, 0.1) is 0 Å². The highest BCUT2D eigenvalue weighted by atomic mass is 15.1. The summed E-state index contributed by atoms with van der Waals surface area (Å²) in [6, 6.07) is 54.6. The number of benzene rings is 6. The minimum Gasteiger partial charge on any atom is -0.335 e. The van der Waals surface area contributed by atoms with Gasteiger partial charge in [-0.05, 0) is 97.6 Å². The second-order valence-electron chi connectivity index (χ2n) is 11.9. The lowest BCUT2D eigenvalue weighted by molar-refractivity contribution is 0.423. The monoisotopic (exact) mass is 542 g/mol. The number of rotatable bonds is 5. The zero-order chi connectivity index (χ0) is 28.7. The maximum absolute atomic E-state index is 2.46. The molecule has 0 amide bonds. The van der Waals surface area contributed by atoms with Gasteiger partial charge in [0, 0.05) is 44.4 Å². The van der Waals surface area contributed by atoms with Gasteiger partial charge in [-0.3, -0.25) is 0 Å². The largest absolute Gasteiger partial charge is 0.335 e. The Hall–Kier alpha value is -5.08. The zero-order valence-corrected chi connectivity index (χ0v) is 24.3. The van der Waals surface area contributed by atoms with Gasteiger partial charge in [-0.2, -0.15) is 0 Å². The predicted octanol–water partition coefficient (Wildman–Crippen LogP) is 11.4. The molecule has 2 nitrogen and oxygen atoms in total. The highest BCUT2D eigenvalue weighted by Crippen LogP contribution is 2.39. The molecule has 2 heteroatoms. The molecular formula is C40H34N2. The summed E-state index contributed by atoms with van der Waals surface area (Å²) in [5, 5.41) is 2.60. The fourth-order valence-corrected chi connectivity index (χ4v) is 6.14. The molecule has 0 aliphatic carbocycles. The molecule has 0 bridgehead atoms. The SMILES string of the molecule is CC(C)(C)n1c2ccccc2c2cc(-c3ccc(N(c4ccccc4)c4ccc(-c5ccccc5)cc4)cc3)ccc21. The van der Waals surface area contributed by atoms with E-state index in [9.17, 15) is 0 Å². The quantitative estimate of drug-likeness (QED) is 0.210. The molecule has 6 aromatic carbocycles.